The molecule has 128 valence electrons. The van der Waals surface area contributed by atoms with Crippen molar-refractivity contribution in [1.29, 1.82) is 0 Å². The number of carbonyl (C=O) groups excluding carboxylic acids is 1. The molecular formula is C17H12ClN2O4S-. The zero-order valence-corrected chi connectivity index (χ0v) is 14.6. The molecule has 0 aliphatic heterocycles. The normalized spacial score (nSPS) is 10.6. The summed E-state index contributed by atoms with van der Waals surface area (Å²) in [6, 6.07) is 11.6. The van der Waals surface area contributed by atoms with Gasteiger partial charge in [0.25, 0.3) is 11.1 Å². The van der Waals surface area contributed by atoms with Crippen LogP contribution in [-0.2, 0) is 5.75 Å². The van der Waals surface area contributed by atoms with Crippen molar-refractivity contribution in [2.75, 3.05) is 7.11 Å². The lowest BCUT2D eigenvalue weighted by Gasteiger charge is -2.05. The second kappa shape index (κ2) is 7.58. The maximum Gasteiger partial charge on any atom is 0.277 e. The van der Waals surface area contributed by atoms with Gasteiger partial charge in [0.1, 0.15) is 5.75 Å². The lowest BCUT2D eigenvalue weighted by molar-refractivity contribution is -0.255. The molecule has 0 bridgehead atoms. The molecule has 0 unspecified atom stereocenters. The minimum Gasteiger partial charge on any atom is -0.545 e. The number of aromatic nitrogens is 2. The van der Waals surface area contributed by atoms with E-state index in [9.17, 15) is 9.90 Å². The third kappa shape index (κ3) is 4.12. The van der Waals surface area contributed by atoms with Crippen LogP contribution >= 0.6 is 23.4 Å². The topological polar surface area (TPSA) is 88.3 Å². The van der Waals surface area contributed by atoms with Gasteiger partial charge in [0.2, 0.25) is 0 Å². The number of carboxylic acids is 1. The van der Waals surface area contributed by atoms with Gasteiger partial charge in [-0.3, -0.25) is 0 Å². The lowest BCUT2D eigenvalue weighted by Crippen LogP contribution is -2.22. The van der Waals surface area contributed by atoms with Crippen LogP contribution in [0.1, 0.15) is 15.9 Å². The molecule has 6 nitrogen and oxygen atoms in total. The van der Waals surface area contributed by atoms with Gasteiger partial charge in [0, 0.05) is 10.8 Å². The van der Waals surface area contributed by atoms with Crippen molar-refractivity contribution in [3.8, 4) is 17.2 Å². The Morgan fingerprint density at radius 2 is 2.12 bits per heavy atom. The van der Waals surface area contributed by atoms with E-state index in [0.717, 1.165) is 5.56 Å². The van der Waals surface area contributed by atoms with Crippen LogP contribution in [0.3, 0.4) is 0 Å². The molecule has 8 heteroatoms. The molecule has 3 rings (SSSR count). The van der Waals surface area contributed by atoms with E-state index >= 15 is 0 Å². The Labute approximate surface area is 152 Å². The number of rotatable bonds is 6. The Balaban J connectivity index is 1.75. The highest BCUT2D eigenvalue weighted by Crippen LogP contribution is 2.33. The maximum absolute atomic E-state index is 10.9. The number of ether oxygens (including phenoxy) is 1. The van der Waals surface area contributed by atoms with Crippen LogP contribution in [0, 0.1) is 0 Å². The summed E-state index contributed by atoms with van der Waals surface area (Å²) in [6.07, 6.45) is 0. The van der Waals surface area contributed by atoms with Crippen molar-refractivity contribution in [2.24, 2.45) is 0 Å². The fraction of sp³-hybridized carbons (Fsp3) is 0.118. The average Bonchev–Trinajstić information content (AvgIpc) is 3.09. The van der Waals surface area contributed by atoms with Gasteiger partial charge in [0.05, 0.1) is 18.6 Å². The van der Waals surface area contributed by atoms with Crippen molar-refractivity contribution >= 4 is 29.3 Å². The van der Waals surface area contributed by atoms with Gasteiger partial charge < -0.3 is 19.1 Å². The van der Waals surface area contributed by atoms with Gasteiger partial charge in [0.15, 0.2) is 0 Å². The number of thioether (sulfide) groups is 1. The average molecular weight is 376 g/mol. The predicted octanol–water partition coefficient (Wildman–Crippen LogP) is 3.05. The van der Waals surface area contributed by atoms with E-state index < -0.39 is 5.97 Å². The molecule has 0 saturated heterocycles. The largest absolute Gasteiger partial charge is 0.545 e. The van der Waals surface area contributed by atoms with Crippen molar-refractivity contribution in [1.82, 2.24) is 10.2 Å². The van der Waals surface area contributed by atoms with Gasteiger partial charge in [-0.25, -0.2) is 0 Å². The van der Waals surface area contributed by atoms with E-state index in [2.05, 4.69) is 10.2 Å². The highest BCUT2D eigenvalue weighted by Gasteiger charge is 2.14. The Kier molecular flexibility index (Phi) is 5.25. The molecule has 2 aromatic carbocycles. The number of halogens is 1. The minimum atomic E-state index is -1.21. The first-order valence-electron chi connectivity index (χ1n) is 7.17. The quantitative estimate of drug-likeness (QED) is 0.612. The Morgan fingerprint density at radius 1 is 1.28 bits per heavy atom. The minimum absolute atomic E-state index is 0.132. The molecule has 25 heavy (non-hydrogen) atoms. The van der Waals surface area contributed by atoms with E-state index in [1.165, 1.54) is 17.8 Å². The molecule has 1 aromatic heterocycles. The van der Waals surface area contributed by atoms with E-state index in [1.54, 1.807) is 37.4 Å². The first-order valence-corrected chi connectivity index (χ1v) is 8.53. The van der Waals surface area contributed by atoms with Crippen molar-refractivity contribution in [2.45, 2.75) is 11.0 Å². The van der Waals surface area contributed by atoms with Crippen LogP contribution in [0.4, 0.5) is 0 Å². The first-order chi connectivity index (χ1) is 12.1. The monoisotopic (exact) mass is 375 g/mol. The molecule has 0 spiro atoms. The molecule has 0 atom stereocenters. The van der Waals surface area contributed by atoms with E-state index in [0.29, 0.717) is 33.2 Å². The number of carboxylic acid groups (broad SMARTS) is 1. The maximum atomic E-state index is 10.9. The molecule has 3 aromatic rings. The Hall–Kier alpha value is -2.51. The van der Waals surface area contributed by atoms with Crippen molar-refractivity contribution in [3.05, 3.63) is 58.6 Å². The molecule has 1 heterocycles. The van der Waals surface area contributed by atoms with Crippen LogP contribution in [0.25, 0.3) is 11.5 Å². The fourth-order valence-electron chi connectivity index (χ4n) is 2.16. The zero-order valence-electron chi connectivity index (χ0n) is 13.1. The van der Waals surface area contributed by atoms with E-state index in [-0.39, 0.29) is 5.56 Å². The summed E-state index contributed by atoms with van der Waals surface area (Å²) in [4.78, 5) is 10.9. The molecular weight excluding hydrogens is 364 g/mol. The fourth-order valence-corrected chi connectivity index (χ4v) is 3.04. The summed E-state index contributed by atoms with van der Waals surface area (Å²) in [5, 5.41) is 19.8. The van der Waals surface area contributed by atoms with Gasteiger partial charge in [-0.1, -0.05) is 41.6 Å². The molecule has 0 radical (unpaired) electrons. The molecule has 0 N–H and O–H groups in total. The van der Waals surface area contributed by atoms with Crippen molar-refractivity contribution < 1.29 is 19.1 Å². The van der Waals surface area contributed by atoms with Gasteiger partial charge >= 0.3 is 0 Å². The number of hydrogen-bond donors (Lipinski definition) is 0. The third-order valence-corrected chi connectivity index (χ3v) is 4.45. The van der Waals surface area contributed by atoms with Crippen LogP contribution < -0.4 is 9.84 Å². The smallest absolute Gasteiger partial charge is 0.277 e. The number of hydrogen-bond acceptors (Lipinski definition) is 7. The number of nitrogens with zero attached hydrogens (tertiary/aromatic N) is 2. The predicted molar refractivity (Wildman–Crippen MR) is 91.6 cm³/mol. The van der Waals surface area contributed by atoms with Gasteiger partial charge in [-0.15, -0.1) is 10.2 Å². The van der Waals surface area contributed by atoms with E-state index in [4.69, 9.17) is 20.8 Å². The van der Waals surface area contributed by atoms with Gasteiger partial charge in [-0.05, 0) is 35.4 Å². The molecule has 0 saturated carbocycles. The summed E-state index contributed by atoms with van der Waals surface area (Å²) in [5.74, 6) is 0.145. The number of benzene rings is 2. The third-order valence-electron chi connectivity index (χ3n) is 3.32. The summed E-state index contributed by atoms with van der Waals surface area (Å²) >= 11 is 7.31. The van der Waals surface area contributed by atoms with Crippen LogP contribution in [-0.4, -0.2) is 23.3 Å². The molecule has 0 aliphatic carbocycles. The second-order valence-corrected chi connectivity index (χ2v) is 6.36. The first kappa shape index (κ1) is 17.3. The Bertz CT molecular complexity index is 913. The van der Waals surface area contributed by atoms with Crippen LogP contribution in [0.15, 0.2) is 52.1 Å². The molecule has 0 fully saturated rings. The molecule has 0 aliphatic rings. The summed E-state index contributed by atoms with van der Waals surface area (Å²) in [6.45, 7) is 0. The zero-order chi connectivity index (χ0) is 17.8. The number of methoxy groups -OCH3 is 1. The highest BCUT2D eigenvalue weighted by molar-refractivity contribution is 7.98. The number of aromatic carboxylic acids is 1. The number of carbonyl (C=O) groups is 1. The lowest BCUT2D eigenvalue weighted by atomic mass is 10.1. The summed E-state index contributed by atoms with van der Waals surface area (Å²) in [7, 11) is 1.54. The SMILES string of the molecule is COc1ccc(Cl)cc1-c1nnc(SCc2cccc(C(=O)[O-])c2)o1. The standard InChI is InChI=1S/C17H13ClN2O4S/c1-23-14-6-5-12(18)8-13(14)15-19-20-17(24-15)25-9-10-3-2-4-11(7-10)16(21)22/h2-8H,9H2,1H3,(H,21,22)/p-1. The van der Waals surface area contributed by atoms with E-state index in [1.807, 2.05) is 6.07 Å². The Morgan fingerprint density at radius 3 is 2.88 bits per heavy atom. The second-order valence-electron chi connectivity index (χ2n) is 4.99. The van der Waals surface area contributed by atoms with Crippen LogP contribution in [0.5, 0.6) is 5.75 Å². The summed E-state index contributed by atoms with van der Waals surface area (Å²) < 4.78 is 10.9. The summed E-state index contributed by atoms with van der Waals surface area (Å²) in [5.41, 5.74) is 1.55. The van der Waals surface area contributed by atoms with Crippen LogP contribution in [0.2, 0.25) is 5.02 Å². The highest BCUT2D eigenvalue weighted by atomic mass is 35.5. The van der Waals surface area contributed by atoms with Crippen molar-refractivity contribution in [3.63, 3.8) is 0 Å². The van der Waals surface area contributed by atoms with Gasteiger partial charge in [-0.2, -0.15) is 0 Å². The molecule has 0 amide bonds.